The van der Waals surface area contributed by atoms with E-state index in [1.165, 1.54) is 12.1 Å². The predicted molar refractivity (Wildman–Crippen MR) is 69.5 cm³/mol. The molecule has 1 aromatic carbocycles. The Morgan fingerprint density at radius 2 is 2.00 bits per heavy atom. The van der Waals surface area contributed by atoms with Gasteiger partial charge in [0, 0.05) is 6.04 Å². The van der Waals surface area contributed by atoms with Gasteiger partial charge in [-0.3, -0.25) is 0 Å². The fourth-order valence-corrected chi connectivity index (χ4v) is 2.65. The van der Waals surface area contributed by atoms with Crippen molar-refractivity contribution in [1.82, 2.24) is 0 Å². The van der Waals surface area contributed by atoms with Crippen LogP contribution in [-0.4, -0.2) is 12.6 Å². The van der Waals surface area contributed by atoms with E-state index in [-0.39, 0.29) is 11.7 Å². The van der Waals surface area contributed by atoms with Gasteiger partial charge < -0.3 is 11.1 Å². The third-order valence-corrected chi connectivity index (χ3v) is 3.83. The van der Waals surface area contributed by atoms with Gasteiger partial charge in [0.15, 0.2) is 5.82 Å². The summed E-state index contributed by atoms with van der Waals surface area (Å²) < 4.78 is 27.6. The molecule has 1 aromatic rings. The largest absolute Gasteiger partial charge is 0.377 e. The number of nitrogens with two attached hydrogens (primary N) is 1. The smallest absolute Gasteiger partial charge is 0.152 e. The number of rotatable bonds is 3. The summed E-state index contributed by atoms with van der Waals surface area (Å²) in [4.78, 5) is 0. The van der Waals surface area contributed by atoms with Crippen LogP contribution in [0.2, 0.25) is 0 Å². The van der Waals surface area contributed by atoms with Crippen LogP contribution in [0.1, 0.15) is 31.2 Å². The van der Waals surface area contributed by atoms with Crippen molar-refractivity contribution < 1.29 is 8.78 Å². The Morgan fingerprint density at radius 1 is 1.28 bits per heavy atom. The Bertz CT molecular complexity index is 421. The lowest BCUT2D eigenvalue weighted by Crippen LogP contribution is -2.37. The van der Waals surface area contributed by atoms with E-state index in [1.807, 2.05) is 0 Å². The van der Waals surface area contributed by atoms with Crippen LogP contribution in [0.5, 0.6) is 0 Å². The van der Waals surface area contributed by atoms with Crippen molar-refractivity contribution in [2.45, 2.75) is 38.6 Å². The SMILES string of the molecule is Cc1ccc(F)c(NC2CCCCC2CN)c1F. The van der Waals surface area contributed by atoms with Crippen molar-refractivity contribution in [3.63, 3.8) is 0 Å². The molecule has 0 saturated heterocycles. The summed E-state index contributed by atoms with van der Waals surface area (Å²) >= 11 is 0. The number of benzene rings is 1. The fourth-order valence-electron chi connectivity index (χ4n) is 2.65. The van der Waals surface area contributed by atoms with Crippen LogP contribution in [-0.2, 0) is 0 Å². The number of halogens is 2. The maximum absolute atomic E-state index is 13.9. The maximum atomic E-state index is 13.9. The van der Waals surface area contributed by atoms with Gasteiger partial charge in [-0.2, -0.15) is 0 Å². The highest BCUT2D eigenvalue weighted by Gasteiger charge is 2.25. The first-order valence-electron chi connectivity index (χ1n) is 6.54. The normalized spacial score (nSPS) is 24.0. The summed E-state index contributed by atoms with van der Waals surface area (Å²) in [5.74, 6) is -0.714. The van der Waals surface area contributed by atoms with E-state index in [2.05, 4.69) is 5.32 Å². The summed E-state index contributed by atoms with van der Waals surface area (Å²) in [6, 6.07) is 2.84. The van der Waals surface area contributed by atoms with Crippen LogP contribution in [0.25, 0.3) is 0 Å². The summed E-state index contributed by atoms with van der Waals surface area (Å²) in [7, 11) is 0. The monoisotopic (exact) mass is 254 g/mol. The third kappa shape index (κ3) is 2.64. The zero-order valence-electron chi connectivity index (χ0n) is 10.7. The minimum atomic E-state index is -0.528. The highest BCUT2D eigenvalue weighted by molar-refractivity contribution is 5.49. The van der Waals surface area contributed by atoms with E-state index in [0.717, 1.165) is 25.7 Å². The van der Waals surface area contributed by atoms with Crippen LogP contribution in [0, 0.1) is 24.5 Å². The molecule has 0 radical (unpaired) electrons. The second kappa shape index (κ2) is 5.65. The van der Waals surface area contributed by atoms with Gasteiger partial charge in [-0.15, -0.1) is 0 Å². The van der Waals surface area contributed by atoms with Crippen LogP contribution in [0.15, 0.2) is 12.1 Å². The second-order valence-corrected chi connectivity index (χ2v) is 5.08. The van der Waals surface area contributed by atoms with E-state index in [9.17, 15) is 8.78 Å². The maximum Gasteiger partial charge on any atom is 0.152 e. The Labute approximate surface area is 107 Å². The second-order valence-electron chi connectivity index (χ2n) is 5.08. The average molecular weight is 254 g/mol. The first-order chi connectivity index (χ1) is 8.63. The molecule has 0 aliphatic heterocycles. The van der Waals surface area contributed by atoms with Crippen molar-refractivity contribution in [3.8, 4) is 0 Å². The van der Waals surface area contributed by atoms with Crippen LogP contribution < -0.4 is 11.1 Å². The number of hydrogen-bond acceptors (Lipinski definition) is 2. The minimum Gasteiger partial charge on any atom is -0.377 e. The third-order valence-electron chi connectivity index (χ3n) is 3.83. The van der Waals surface area contributed by atoms with Crippen molar-refractivity contribution in [3.05, 3.63) is 29.3 Å². The molecule has 0 heterocycles. The molecular weight excluding hydrogens is 234 g/mol. The van der Waals surface area contributed by atoms with Crippen molar-refractivity contribution in [2.24, 2.45) is 11.7 Å². The predicted octanol–water partition coefficient (Wildman–Crippen LogP) is 3.20. The molecule has 18 heavy (non-hydrogen) atoms. The molecule has 4 heteroatoms. The standard InChI is InChI=1S/C14H20F2N2/c1-9-6-7-11(15)14(13(9)16)18-12-5-3-2-4-10(12)8-17/h6-7,10,12,18H,2-5,8,17H2,1H3. The van der Waals surface area contributed by atoms with E-state index in [0.29, 0.717) is 18.0 Å². The molecule has 2 rings (SSSR count). The van der Waals surface area contributed by atoms with Crippen molar-refractivity contribution in [2.75, 3.05) is 11.9 Å². The average Bonchev–Trinajstić information content (AvgIpc) is 2.39. The number of anilines is 1. The molecule has 100 valence electrons. The first kappa shape index (κ1) is 13.3. The molecule has 1 aliphatic carbocycles. The summed E-state index contributed by atoms with van der Waals surface area (Å²) in [6.07, 6.45) is 4.19. The molecule has 1 aliphatic rings. The topological polar surface area (TPSA) is 38.0 Å². The summed E-state index contributed by atoms with van der Waals surface area (Å²) in [5.41, 5.74) is 6.18. The van der Waals surface area contributed by atoms with Crippen molar-refractivity contribution >= 4 is 5.69 Å². The molecule has 2 unspecified atom stereocenters. The Morgan fingerprint density at radius 3 is 2.72 bits per heavy atom. The lowest BCUT2D eigenvalue weighted by Gasteiger charge is -2.32. The highest BCUT2D eigenvalue weighted by atomic mass is 19.1. The zero-order valence-corrected chi connectivity index (χ0v) is 10.7. The first-order valence-corrected chi connectivity index (χ1v) is 6.54. The number of aryl methyl sites for hydroxylation is 1. The van der Waals surface area contributed by atoms with Gasteiger partial charge >= 0.3 is 0 Å². The fraction of sp³-hybridized carbons (Fsp3) is 0.571. The van der Waals surface area contributed by atoms with Gasteiger partial charge in [-0.25, -0.2) is 8.78 Å². The molecule has 0 spiro atoms. The van der Waals surface area contributed by atoms with Crippen LogP contribution in [0.3, 0.4) is 0 Å². The molecule has 1 saturated carbocycles. The van der Waals surface area contributed by atoms with Crippen LogP contribution >= 0.6 is 0 Å². The molecule has 2 atom stereocenters. The molecule has 0 bridgehead atoms. The van der Waals surface area contributed by atoms with Crippen molar-refractivity contribution in [1.29, 1.82) is 0 Å². The highest BCUT2D eigenvalue weighted by Crippen LogP contribution is 2.29. The van der Waals surface area contributed by atoms with Gasteiger partial charge in [-0.05, 0) is 43.9 Å². The van der Waals surface area contributed by atoms with E-state index >= 15 is 0 Å². The minimum absolute atomic E-state index is 0.000324. The quantitative estimate of drug-likeness (QED) is 0.869. The molecular formula is C14H20F2N2. The molecule has 2 nitrogen and oxygen atoms in total. The Hall–Kier alpha value is -1.16. The van der Waals surface area contributed by atoms with E-state index in [1.54, 1.807) is 6.92 Å². The van der Waals surface area contributed by atoms with Gasteiger partial charge in [0.2, 0.25) is 0 Å². The molecule has 3 N–H and O–H groups in total. The van der Waals surface area contributed by atoms with E-state index in [4.69, 9.17) is 5.73 Å². The molecule has 0 aromatic heterocycles. The number of nitrogens with one attached hydrogen (secondary N) is 1. The lowest BCUT2D eigenvalue weighted by molar-refractivity contribution is 0.331. The van der Waals surface area contributed by atoms with E-state index < -0.39 is 11.6 Å². The Kier molecular flexibility index (Phi) is 4.17. The van der Waals surface area contributed by atoms with Crippen LogP contribution in [0.4, 0.5) is 14.5 Å². The summed E-state index contributed by atoms with van der Waals surface area (Å²) in [5, 5.41) is 3.03. The lowest BCUT2D eigenvalue weighted by atomic mass is 9.84. The Balaban J connectivity index is 2.20. The molecule has 1 fully saturated rings. The summed E-state index contributed by atoms with van der Waals surface area (Å²) in [6.45, 7) is 2.20. The van der Waals surface area contributed by atoms with Gasteiger partial charge in [0.05, 0.1) is 0 Å². The van der Waals surface area contributed by atoms with Gasteiger partial charge in [-0.1, -0.05) is 18.9 Å². The van der Waals surface area contributed by atoms with Gasteiger partial charge in [0.1, 0.15) is 11.5 Å². The zero-order chi connectivity index (χ0) is 13.1. The molecule has 0 amide bonds. The van der Waals surface area contributed by atoms with Gasteiger partial charge in [0.25, 0.3) is 0 Å². The number of hydrogen-bond donors (Lipinski definition) is 2.